The van der Waals surface area contributed by atoms with Gasteiger partial charge in [0.15, 0.2) is 5.11 Å². The highest BCUT2D eigenvalue weighted by atomic mass is 32.1. The summed E-state index contributed by atoms with van der Waals surface area (Å²) < 4.78 is 5.32. The van der Waals surface area contributed by atoms with Gasteiger partial charge in [0.25, 0.3) is 0 Å². The summed E-state index contributed by atoms with van der Waals surface area (Å²) in [5, 5.41) is 4.04. The molecule has 0 heterocycles. The molecule has 4 nitrogen and oxygen atoms in total. The fraction of sp³-hybridized carbons (Fsp3) is 0.208. The number of ether oxygens (including phenoxy) is 1. The molecule has 0 unspecified atom stereocenters. The van der Waals surface area contributed by atoms with Gasteiger partial charge in [0.05, 0.1) is 7.11 Å². The molecule has 5 heteroatoms. The monoisotopic (exact) mass is 405 g/mol. The zero-order valence-corrected chi connectivity index (χ0v) is 17.9. The largest absolute Gasteiger partial charge is 0.497 e. The molecule has 1 N–H and O–H groups in total. The van der Waals surface area contributed by atoms with Crippen LogP contribution in [0.15, 0.2) is 78.9 Å². The highest BCUT2D eigenvalue weighted by Gasteiger charge is 2.12. The molecule has 0 saturated heterocycles. The van der Waals surface area contributed by atoms with Crippen LogP contribution in [0.5, 0.6) is 5.75 Å². The number of nitrogens with zero attached hydrogens (tertiary/aromatic N) is 2. The minimum atomic E-state index is 0.679. The summed E-state index contributed by atoms with van der Waals surface area (Å²) in [7, 11) is 5.75. The lowest BCUT2D eigenvalue weighted by molar-refractivity contribution is 0.412. The average molecular weight is 406 g/mol. The maximum atomic E-state index is 5.77. The fourth-order valence-electron chi connectivity index (χ4n) is 3.03. The number of hydrogen-bond acceptors (Lipinski definition) is 3. The van der Waals surface area contributed by atoms with Crippen LogP contribution in [0.4, 0.5) is 11.4 Å². The third-order valence-corrected chi connectivity index (χ3v) is 5.01. The highest BCUT2D eigenvalue weighted by molar-refractivity contribution is 7.80. The molecular formula is C24H27N3OS. The molecule has 0 amide bonds. The SMILES string of the molecule is COc1cccc(NC(=S)N(Cc2ccccc2)Cc2ccc(N(C)C)cc2)c1. The van der Waals surface area contributed by atoms with Crippen molar-refractivity contribution in [1.82, 2.24) is 4.90 Å². The second kappa shape index (κ2) is 9.94. The molecule has 0 bridgehead atoms. The lowest BCUT2D eigenvalue weighted by Crippen LogP contribution is -2.33. The molecule has 0 aliphatic heterocycles. The lowest BCUT2D eigenvalue weighted by Gasteiger charge is -2.26. The Kier molecular flexibility index (Phi) is 7.09. The number of hydrogen-bond donors (Lipinski definition) is 1. The van der Waals surface area contributed by atoms with Crippen LogP contribution in [0.2, 0.25) is 0 Å². The minimum Gasteiger partial charge on any atom is -0.497 e. The Balaban J connectivity index is 1.78. The van der Waals surface area contributed by atoms with Crippen molar-refractivity contribution in [2.75, 3.05) is 31.4 Å². The Morgan fingerprint density at radius 3 is 2.14 bits per heavy atom. The Hall–Kier alpha value is -3.05. The van der Waals surface area contributed by atoms with Gasteiger partial charge in [-0.05, 0) is 47.6 Å². The number of anilines is 2. The Labute approximate surface area is 178 Å². The van der Waals surface area contributed by atoms with Crippen LogP contribution < -0.4 is 15.0 Å². The van der Waals surface area contributed by atoms with Crippen LogP contribution in [-0.2, 0) is 13.1 Å². The van der Waals surface area contributed by atoms with Gasteiger partial charge in [-0.3, -0.25) is 0 Å². The van der Waals surface area contributed by atoms with Crippen LogP contribution in [0.1, 0.15) is 11.1 Å². The van der Waals surface area contributed by atoms with Gasteiger partial charge in [-0.25, -0.2) is 0 Å². The topological polar surface area (TPSA) is 27.7 Å². The van der Waals surface area contributed by atoms with Crippen LogP contribution >= 0.6 is 12.2 Å². The third kappa shape index (κ3) is 5.96. The van der Waals surface area contributed by atoms with E-state index in [1.807, 2.05) is 44.4 Å². The minimum absolute atomic E-state index is 0.679. The molecule has 0 atom stereocenters. The number of benzene rings is 3. The summed E-state index contributed by atoms with van der Waals surface area (Å²) in [4.78, 5) is 4.27. The zero-order chi connectivity index (χ0) is 20.6. The normalized spacial score (nSPS) is 10.3. The van der Waals surface area contributed by atoms with Gasteiger partial charge in [0, 0.05) is 44.6 Å². The maximum Gasteiger partial charge on any atom is 0.174 e. The molecule has 3 aromatic rings. The van der Waals surface area contributed by atoms with Crippen LogP contribution in [0, 0.1) is 0 Å². The second-order valence-electron chi connectivity index (χ2n) is 7.06. The maximum absolute atomic E-state index is 5.77. The van der Waals surface area contributed by atoms with E-state index in [9.17, 15) is 0 Å². The molecule has 29 heavy (non-hydrogen) atoms. The van der Waals surface area contributed by atoms with E-state index < -0.39 is 0 Å². The molecular weight excluding hydrogens is 378 g/mol. The molecule has 0 aliphatic carbocycles. The third-order valence-electron chi connectivity index (χ3n) is 4.65. The molecule has 3 aromatic carbocycles. The van der Waals surface area contributed by atoms with E-state index >= 15 is 0 Å². The van der Waals surface area contributed by atoms with Gasteiger partial charge in [-0.2, -0.15) is 0 Å². The quantitative estimate of drug-likeness (QED) is 0.548. The van der Waals surface area contributed by atoms with Crippen LogP contribution in [0.25, 0.3) is 0 Å². The summed E-state index contributed by atoms with van der Waals surface area (Å²) in [6, 6.07) is 26.8. The van der Waals surface area contributed by atoms with E-state index in [1.165, 1.54) is 16.8 Å². The molecule has 150 valence electrons. The van der Waals surface area contributed by atoms with E-state index in [-0.39, 0.29) is 0 Å². The highest BCUT2D eigenvalue weighted by Crippen LogP contribution is 2.19. The second-order valence-corrected chi connectivity index (χ2v) is 7.45. The lowest BCUT2D eigenvalue weighted by atomic mass is 10.1. The number of methoxy groups -OCH3 is 1. The molecule has 0 aromatic heterocycles. The molecule has 3 rings (SSSR count). The number of nitrogens with one attached hydrogen (secondary N) is 1. The van der Waals surface area contributed by atoms with Crippen molar-refractivity contribution in [3.8, 4) is 5.75 Å². The van der Waals surface area contributed by atoms with Crippen molar-refractivity contribution in [3.63, 3.8) is 0 Å². The molecule has 0 radical (unpaired) electrons. The predicted molar refractivity (Wildman–Crippen MR) is 126 cm³/mol. The van der Waals surface area contributed by atoms with E-state index in [1.54, 1.807) is 7.11 Å². The van der Waals surface area contributed by atoms with Crippen molar-refractivity contribution in [1.29, 1.82) is 0 Å². The zero-order valence-electron chi connectivity index (χ0n) is 17.1. The van der Waals surface area contributed by atoms with Gasteiger partial charge in [0.1, 0.15) is 5.75 Å². The summed E-state index contributed by atoms with van der Waals surface area (Å²) in [5.74, 6) is 0.798. The van der Waals surface area contributed by atoms with Gasteiger partial charge < -0.3 is 19.9 Å². The molecule has 0 fully saturated rings. The Bertz CT molecular complexity index is 926. The first kappa shape index (κ1) is 20.7. The fourth-order valence-corrected chi connectivity index (χ4v) is 3.27. The van der Waals surface area contributed by atoms with Crippen molar-refractivity contribution in [2.45, 2.75) is 13.1 Å². The van der Waals surface area contributed by atoms with Crippen molar-refractivity contribution < 1.29 is 4.74 Å². The summed E-state index contributed by atoms with van der Waals surface area (Å²) in [6.45, 7) is 1.45. The van der Waals surface area contributed by atoms with Crippen molar-refractivity contribution in [3.05, 3.63) is 90.0 Å². The first-order valence-electron chi connectivity index (χ1n) is 9.55. The Morgan fingerprint density at radius 1 is 0.862 bits per heavy atom. The smallest absolute Gasteiger partial charge is 0.174 e. The van der Waals surface area contributed by atoms with Crippen LogP contribution in [-0.4, -0.2) is 31.2 Å². The van der Waals surface area contributed by atoms with E-state index in [0.717, 1.165) is 24.5 Å². The van der Waals surface area contributed by atoms with Gasteiger partial charge in [-0.1, -0.05) is 48.5 Å². The standard InChI is InChI=1S/C24H27N3OS/c1-26(2)22-14-12-20(13-15-22)18-27(17-19-8-5-4-6-9-19)24(29)25-21-10-7-11-23(16-21)28-3/h4-16H,17-18H2,1-3H3,(H,25,29). The van der Waals surface area contributed by atoms with E-state index in [2.05, 4.69) is 63.6 Å². The molecule has 0 spiro atoms. The molecule has 0 saturated carbocycles. The summed E-state index contributed by atoms with van der Waals surface area (Å²) in [6.07, 6.45) is 0. The van der Waals surface area contributed by atoms with Crippen molar-refractivity contribution in [2.24, 2.45) is 0 Å². The number of rotatable bonds is 7. The van der Waals surface area contributed by atoms with Crippen molar-refractivity contribution >= 4 is 28.7 Å². The van der Waals surface area contributed by atoms with Gasteiger partial charge in [-0.15, -0.1) is 0 Å². The molecule has 0 aliphatic rings. The van der Waals surface area contributed by atoms with Crippen LogP contribution in [0.3, 0.4) is 0 Å². The average Bonchev–Trinajstić information content (AvgIpc) is 2.74. The predicted octanol–water partition coefficient (Wildman–Crippen LogP) is 5.16. The van der Waals surface area contributed by atoms with Gasteiger partial charge in [0.2, 0.25) is 0 Å². The first-order valence-corrected chi connectivity index (χ1v) is 9.96. The first-order chi connectivity index (χ1) is 14.0. The summed E-state index contributed by atoms with van der Waals surface area (Å²) in [5.41, 5.74) is 4.52. The van der Waals surface area contributed by atoms with E-state index in [0.29, 0.717) is 5.11 Å². The van der Waals surface area contributed by atoms with E-state index in [4.69, 9.17) is 17.0 Å². The van der Waals surface area contributed by atoms with Gasteiger partial charge >= 0.3 is 0 Å². The Morgan fingerprint density at radius 2 is 1.52 bits per heavy atom. The summed E-state index contributed by atoms with van der Waals surface area (Å²) >= 11 is 5.77. The number of thiocarbonyl (C=S) groups is 1.